The minimum Gasteiger partial charge on any atom is -0.467 e. The normalized spacial score (nSPS) is 26.2. The molecular weight excluding hydrogens is 549 g/mol. The number of thioether (sulfide) groups is 1. The van der Waals surface area contributed by atoms with Crippen LogP contribution in [0.5, 0.6) is 0 Å². The average molecular weight is 575 g/mol. The van der Waals surface area contributed by atoms with Crippen LogP contribution in [0.3, 0.4) is 0 Å². The van der Waals surface area contributed by atoms with E-state index in [4.69, 9.17) is 23.7 Å². The summed E-state index contributed by atoms with van der Waals surface area (Å²) in [5.74, 6) is -3.03. The number of rotatable bonds is 9. The Bertz CT molecular complexity index is 690. The maximum Gasteiger partial charge on any atom is 0.329 e. The van der Waals surface area contributed by atoms with E-state index in [1.165, 1.54) is 34.8 Å². The van der Waals surface area contributed by atoms with Crippen molar-refractivity contribution in [2.75, 3.05) is 17.3 Å². The lowest BCUT2D eigenvalue weighted by Gasteiger charge is -2.44. The standard InChI is InChI=1S/C18H26INO10S/c1-8(21)20-12(17(25)26-5)7-31-18-16(29-11(4)24)15(28-10(3)23)14(27-9(2)22)13(6-19)30-18/h12-16,18H,6-7H2,1-5H3,(H,20,21). The number of hydrogen-bond acceptors (Lipinski definition) is 11. The molecule has 1 aliphatic heterocycles. The van der Waals surface area contributed by atoms with Crippen molar-refractivity contribution in [1.82, 2.24) is 5.32 Å². The second-order valence-electron chi connectivity index (χ2n) is 6.53. The first-order valence-corrected chi connectivity index (χ1v) is 11.8. The molecule has 31 heavy (non-hydrogen) atoms. The highest BCUT2D eigenvalue weighted by atomic mass is 127. The number of alkyl halides is 1. The summed E-state index contributed by atoms with van der Waals surface area (Å²) in [7, 11) is 1.19. The zero-order valence-corrected chi connectivity index (χ0v) is 20.7. The molecule has 176 valence electrons. The molecule has 6 atom stereocenters. The summed E-state index contributed by atoms with van der Waals surface area (Å²) in [6, 6.07) is -0.981. The summed E-state index contributed by atoms with van der Waals surface area (Å²) in [6.07, 6.45) is -3.96. The summed E-state index contributed by atoms with van der Waals surface area (Å²) in [5.41, 5.74) is -0.888. The number of carbonyl (C=O) groups excluding carboxylic acids is 5. The van der Waals surface area contributed by atoms with Gasteiger partial charge in [0.05, 0.1) is 7.11 Å². The zero-order chi connectivity index (χ0) is 23.7. The Kier molecular flexibility index (Phi) is 11.5. The van der Waals surface area contributed by atoms with Crippen molar-refractivity contribution in [3.63, 3.8) is 0 Å². The van der Waals surface area contributed by atoms with Crippen LogP contribution in [0.1, 0.15) is 27.7 Å². The van der Waals surface area contributed by atoms with Crippen molar-refractivity contribution in [3.8, 4) is 0 Å². The van der Waals surface area contributed by atoms with Crippen LogP contribution in [0.25, 0.3) is 0 Å². The smallest absolute Gasteiger partial charge is 0.329 e. The Morgan fingerprint density at radius 3 is 1.90 bits per heavy atom. The van der Waals surface area contributed by atoms with Crippen molar-refractivity contribution < 1.29 is 47.7 Å². The van der Waals surface area contributed by atoms with Crippen molar-refractivity contribution in [2.45, 2.75) is 63.6 Å². The largest absolute Gasteiger partial charge is 0.467 e. The number of nitrogens with one attached hydrogen (secondary N) is 1. The summed E-state index contributed by atoms with van der Waals surface area (Å²) in [6.45, 7) is 4.81. The molecule has 0 bridgehead atoms. The molecule has 0 aliphatic carbocycles. The van der Waals surface area contributed by atoms with Crippen molar-refractivity contribution in [3.05, 3.63) is 0 Å². The fourth-order valence-electron chi connectivity index (χ4n) is 2.86. The van der Waals surface area contributed by atoms with Crippen molar-refractivity contribution in [1.29, 1.82) is 0 Å². The third-order valence-corrected chi connectivity index (χ3v) is 6.04. The van der Waals surface area contributed by atoms with Crippen LogP contribution in [0, 0.1) is 0 Å². The number of esters is 4. The average Bonchev–Trinajstić information content (AvgIpc) is 2.66. The number of halogens is 1. The maximum absolute atomic E-state index is 12.0. The monoisotopic (exact) mass is 575 g/mol. The summed E-state index contributed by atoms with van der Waals surface area (Å²) in [5, 5.41) is 2.48. The lowest BCUT2D eigenvalue weighted by molar-refractivity contribution is -0.227. The molecule has 1 aliphatic rings. The van der Waals surface area contributed by atoms with Gasteiger partial charge in [0.1, 0.15) is 17.6 Å². The third kappa shape index (κ3) is 8.80. The Hall–Kier alpha value is -1.61. The van der Waals surface area contributed by atoms with E-state index in [1.54, 1.807) is 0 Å². The van der Waals surface area contributed by atoms with Gasteiger partial charge in [0, 0.05) is 37.9 Å². The van der Waals surface area contributed by atoms with E-state index in [2.05, 4.69) is 5.32 Å². The molecule has 1 N–H and O–H groups in total. The lowest BCUT2D eigenvalue weighted by atomic mass is 10.00. The molecule has 0 aromatic heterocycles. The van der Waals surface area contributed by atoms with Crippen LogP contribution in [-0.4, -0.2) is 83.0 Å². The molecule has 11 nitrogen and oxygen atoms in total. The highest BCUT2D eigenvalue weighted by molar-refractivity contribution is 14.1. The van der Waals surface area contributed by atoms with Gasteiger partial charge in [-0.2, -0.15) is 0 Å². The van der Waals surface area contributed by atoms with E-state index in [0.717, 1.165) is 11.8 Å². The Labute approximate surface area is 197 Å². The molecule has 13 heteroatoms. The molecule has 1 saturated heterocycles. The van der Waals surface area contributed by atoms with E-state index >= 15 is 0 Å². The molecule has 1 fully saturated rings. The highest BCUT2D eigenvalue weighted by Gasteiger charge is 2.51. The zero-order valence-electron chi connectivity index (χ0n) is 17.7. The van der Waals surface area contributed by atoms with Gasteiger partial charge in [0.15, 0.2) is 18.3 Å². The number of hydrogen-bond donors (Lipinski definition) is 1. The summed E-state index contributed by atoms with van der Waals surface area (Å²) >= 11 is 3.09. The van der Waals surface area contributed by atoms with Gasteiger partial charge in [-0.3, -0.25) is 19.2 Å². The third-order valence-electron chi connectivity index (χ3n) is 3.94. The summed E-state index contributed by atoms with van der Waals surface area (Å²) < 4.78 is 27.1. The van der Waals surface area contributed by atoms with Crippen LogP contribution in [0.4, 0.5) is 0 Å². The minimum absolute atomic E-state index is 0.0215. The fourth-order valence-corrected chi connectivity index (χ4v) is 4.79. The first kappa shape index (κ1) is 27.4. The molecular formula is C18H26INO10S. The van der Waals surface area contributed by atoms with Crippen LogP contribution < -0.4 is 5.32 Å². The second kappa shape index (κ2) is 13.1. The molecule has 6 unspecified atom stereocenters. The Balaban J connectivity index is 3.21. The van der Waals surface area contributed by atoms with E-state index in [1.807, 2.05) is 22.6 Å². The van der Waals surface area contributed by atoms with Gasteiger partial charge in [-0.05, 0) is 0 Å². The van der Waals surface area contributed by atoms with E-state index in [-0.39, 0.29) is 5.75 Å². The lowest BCUT2D eigenvalue weighted by Crippen LogP contribution is -2.61. The maximum atomic E-state index is 12.0. The SMILES string of the molecule is COC(=O)C(CSC1OC(CI)C(OC(C)=O)C(OC(C)=O)C1OC(C)=O)NC(C)=O. The van der Waals surface area contributed by atoms with Gasteiger partial charge >= 0.3 is 23.9 Å². The number of methoxy groups -OCH3 is 1. The van der Waals surface area contributed by atoms with E-state index in [0.29, 0.717) is 4.43 Å². The van der Waals surface area contributed by atoms with Crippen LogP contribution >= 0.6 is 34.4 Å². The minimum atomic E-state index is -1.13. The van der Waals surface area contributed by atoms with Gasteiger partial charge in [-0.15, -0.1) is 11.8 Å². The van der Waals surface area contributed by atoms with Gasteiger partial charge in [-0.25, -0.2) is 4.79 Å². The number of ether oxygens (including phenoxy) is 5. The molecule has 0 aromatic rings. The second-order valence-corrected chi connectivity index (χ2v) is 8.54. The predicted molar refractivity (Wildman–Crippen MR) is 116 cm³/mol. The predicted octanol–water partition coefficient (Wildman–Crippen LogP) is 0.352. The van der Waals surface area contributed by atoms with Crippen LogP contribution in [0.15, 0.2) is 0 Å². The van der Waals surface area contributed by atoms with Gasteiger partial charge in [0.25, 0.3) is 0 Å². The van der Waals surface area contributed by atoms with Crippen molar-refractivity contribution in [2.24, 2.45) is 0 Å². The van der Waals surface area contributed by atoms with Gasteiger partial charge in [0.2, 0.25) is 5.91 Å². The van der Waals surface area contributed by atoms with Crippen molar-refractivity contribution >= 4 is 64.1 Å². The number of carbonyl (C=O) groups is 5. The molecule has 0 spiro atoms. The molecule has 0 saturated carbocycles. The molecule has 1 heterocycles. The molecule has 0 aromatic carbocycles. The first-order chi connectivity index (χ1) is 14.5. The summed E-state index contributed by atoms with van der Waals surface area (Å²) in [4.78, 5) is 58.5. The molecule has 1 rings (SSSR count). The fraction of sp³-hybridized carbons (Fsp3) is 0.722. The van der Waals surface area contributed by atoms with Gasteiger partial charge < -0.3 is 29.0 Å². The quantitative estimate of drug-likeness (QED) is 0.176. The molecule has 1 amide bonds. The van der Waals surface area contributed by atoms with Crippen LogP contribution in [0.2, 0.25) is 0 Å². The van der Waals surface area contributed by atoms with E-state index in [9.17, 15) is 24.0 Å². The topological polar surface area (TPSA) is 144 Å². The Morgan fingerprint density at radius 2 is 1.45 bits per heavy atom. The highest BCUT2D eigenvalue weighted by Crippen LogP contribution is 2.35. The van der Waals surface area contributed by atoms with E-state index < -0.39 is 65.7 Å². The van der Waals surface area contributed by atoms with Crippen LogP contribution in [-0.2, 0) is 47.7 Å². The Morgan fingerprint density at radius 1 is 0.935 bits per heavy atom. The first-order valence-electron chi connectivity index (χ1n) is 9.19. The molecule has 0 radical (unpaired) electrons. The number of amides is 1. The van der Waals surface area contributed by atoms with Gasteiger partial charge in [-0.1, -0.05) is 22.6 Å².